The molecule has 1 N–H and O–H groups in total. The maximum absolute atomic E-state index is 11.0. The van der Waals surface area contributed by atoms with Crippen LogP contribution in [0.25, 0.3) is 0 Å². The fraction of sp³-hybridized carbons (Fsp3) is 0.600. The number of aryl methyl sites for hydroxylation is 1. The number of amides is 1. The van der Waals surface area contributed by atoms with E-state index in [0.717, 1.165) is 0 Å². The maximum atomic E-state index is 11.0. The Hall–Kier alpha value is -0.980. The van der Waals surface area contributed by atoms with Crippen LogP contribution >= 0.6 is 15.9 Å². The second-order valence-corrected chi connectivity index (χ2v) is 3.58. The van der Waals surface area contributed by atoms with Crippen molar-refractivity contribution < 1.29 is 4.79 Å². The topological polar surface area (TPSA) is 72.7 Å². The molecule has 6 nitrogen and oxygen atoms in total. The van der Waals surface area contributed by atoms with Gasteiger partial charge in [-0.2, -0.15) is 4.80 Å². The summed E-state index contributed by atoms with van der Waals surface area (Å²) in [6.07, 6.45) is 0. The third-order valence-corrected chi connectivity index (χ3v) is 1.52. The van der Waals surface area contributed by atoms with Gasteiger partial charge < -0.3 is 0 Å². The van der Waals surface area contributed by atoms with Crippen LogP contribution in [0.2, 0.25) is 0 Å². The third-order valence-electron chi connectivity index (χ3n) is 1.10. The predicted molar refractivity (Wildman–Crippen MR) is 45.8 cm³/mol. The average Bonchev–Trinajstić information content (AvgIpc) is 2.35. The Kier molecular flexibility index (Phi) is 2.74. The molecule has 7 heteroatoms. The van der Waals surface area contributed by atoms with Crippen molar-refractivity contribution in [3.8, 4) is 0 Å². The molecule has 12 heavy (non-hydrogen) atoms. The summed E-state index contributed by atoms with van der Waals surface area (Å²) in [4.78, 5) is 12.1. The predicted octanol–water partition coefficient (Wildman–Crippen LogP) is -0.0680. The van der Waals surface area contributed by atoms with E-state index in [1.807, 2.05) is 0 Å². The van der Waals surface area contributed by atoms with Crippen LogP contribution in [0.5, 0.6) is 0 Å². The molecule has 0 saturated carbocycles. The van der Waals surface area contributed by atoms with Crippen LogP contribution in [0, 0.1) is 0 Å². The summed E-state index contributed by atoms with van der Waals surface area (Å²) in [6, 6.07) is 0. The molecule has 1 aromatic heterocycles. The van der Waals surface area contributed by atoms with Crippen molar-refractivity contribution in [2.75, 3.05) is 5.32 Å². The molecule has 1 aromatic rings. The van der Waals surface area contributed by atoms with Crippen LogP contribution in [-0.4, -0.2) is 30.9 Å². The highest BCUT2D eigenvalue weighted by molar-refractivity contribution is 9.10. The molecule has 0 fully saturated rings. The molecule has 1 unspecified atom stereocenters. The monoisotopic (exact) mass is 233 g/mol. The third kappa shape index (κ3) is 2.26. The van der Waals surface area contributed by atoms with Gasteiger partial charge in [0.05, 0.1) is 11.9 Å². The van der Waals surface area contributed by atoms with Gasteiger partial charge >= 0.3 is 0 Å². The highest BCUT2D eigenvalue weighted by Crippen LogP contribution is 2.01. The summed E-state index contributed by atoms with van der Waals surface area (Å²) in [5.74, 6) is 0.0248. The largest absolute Gasteiger partial charge is 0.291 e. The van der Waals surface area contributed by atoms with Crippen molar-refractivity contribution in [3.63, 3.8) is 0 Å². The minimum absolute atomic E-state index is 0.192. The molecule has 0 aromatic carbocycles. The lowest BCUT2D eigenvalue weighted by Crippen LogP contribution is -2.20. The van der Waals surface area contributed by atoms with Crippen LogP contribution in [-0.2, 0) is 11.8 Å². The van der Waals surface area contributed by atoms with Gasteiger partial charge in [-0.05, 0) is 12.1 Å². The van der Waals surface area contributed by atoms with Crippen LogP contribution in [0.15, 0.2) is 0 Å². The molecule has 1 rings (SSSR count). The first-order valence-electron chi connectivity index (χ1n) is 3.28. The Morgan fingerprint density at radius 1 is 1.75 bits per heavy atom. The van der Waals surface area contributed by atoms with Gasteiger partial charge in [0.15, 0.2) is 0 Å². The number of carbonyl (C=O) groups is 1. The summed E-state index contributed by atoms with van der Waals surface area (Å²) in [7, 11) is 1.63. The summed E-state index contributed by atoms with van der Waals surface area (Å²) >= 11 is 3.11. The molecule has 0 bridgehead atoms. The highest BCUT2D eigenvalue weighted by Gasteiger charge is 2.10. The van der Waals surface area contributed by atoms with E-state index in [1.165, 1.54) is 4.80 Å². The van der Waals surface area contributed by atoms with Crippen molar-refractivity contribution in [2.45, 2.75) is 11.8 Å². The zero-order valence-corrected chi connectivity index (χ0v) is 8.24. The standard InChI is InChI=1S/C5H8BrN5O/c1-3(6)4(12)7-5-8-10-11(2)9-5/h3H,1-2H3,(H,7,9,12). The van der Waals surface area contributed by atoms with Crippen LogP contribution in [0.4, 0.5) is 5.95 Å². The number of anilines is 1. The SMILES string of the molecule is CC(Br)C(=O)Nc1nnn(C)n1. The number of rotatable bonds is 2. The Labute approximate surface area is 77.5 Å². The van der Waals surface area contributed by atoms with E-state index >= 15 is 0 Å². The molecule has 1 amide bonds. The Balaban J connectivity index is 2.58. The normalized spacial score (nSPS) is 12.6. The molecule has 1 heterocycles. The molecular formula is C5H8BrN5O. The molecular weight excluding hydrogens is 226 g/mol. The molecule has 66 valence electrons. The van der Waals surface area contributed by atoms with E-state index < -0.39 is 0 Å². The second kappa shape index (κ2) is 3.61. The van der Waals surface area contributed by atoms with Gasteiger partial charge in [0, 0.05) is 0 Å². The van der Waals surface area contributed by atoms with Gasteiger partial charge in [-0.3, -0.25) is 10.1 Å². The molecule has 0 aliphatic rings. The highest BCUT2D eigenvalue weighted by atomic mass is 79.9. The number of nitrogens with one attached hydrogen (secondary N) is 1. The number of tetrazole rings is 1. The summed E-state index contributed by atoms with van der Waals surface area (Å²) in [5, 5.41) is 13.4. The molecule has 0 spiro atoms. The van der Waals surface area contributed by atoms with Crippen LogP contribution < -0.4 is 5.32 Å². The van der Waals surface area contributed by atoms with Gasteiger partial charge in [-0.25, -0.2) is 0 Å². The lowest BCUT2D eigenvalue weighted by molar-refractivity contribution is -0.115. The van der Waals surface area contributed by atoms with Crippen molar-refractivity contribution >= 4 is 27.8 Å². The number of alkyl halides is 1. The van der Waals surface area contributed by atoms with E-state index in [1.54, 1.807) is 14.0 Å². The minimum atomic E-state index is -0.263. The minimum Gasteiger partial charge on any atom is -0.291 e. The maximum Gasteiger partial charge on any atom is 0.270 e. The first kappa shape index (κ1) is 9.11. The molecule has 0 saturated heterocycles. The summed E-state index contributed by atoms with van der Waals surface area (Å²) in [6.45, 7) is 1.71. The van der Waals surface area contributed by atoms with E-state index in [9.17, 15) is 4.79 Å². The number of hydrogen-bond donors (Lipinski definition) is 1. The summed E-state index contributed by atoms with van der Waals surface area (Å²) < 4.78 is 0. The first-order chi connectivity index (χ1) is 5.59. The molecule has 0 aliphatic carbocycles. The average molecular weight is 234 g/mol. The Morgan fingerprint density at radius 2 is 2.42 bits per heavy atom. The Bertz CT molecular complexity index is 283. The smallest absolute Gasteiger partial charge is 0.270 e. The number of aromatic nitrogens is 4. The van der Waals surface area contributed by atoms with Crippen LogP contribution in [0.1, 0.15) is 6.92 Å². The lowest BCUT2D eigenvalue weighted by Gasteiger charge is -1.99. The molecule has 1 atom stereocenters. The quantitative estimate of drug-likeness (QED) is 0.727. The van der Waals surface area contributed by atoms with Gasteiger partial charge in [0.1, 0.15) is 0 Å². The first-order valence-corrected chi connectivity index (χ1v) is 4.20. The Morgan fingerprint density at radius 3 is 2.83 bits per heavy atom. The zero-order valence-electron chi connectivity index (χ0n) is 6.65. The van der Waals surface area contributed by atoms with E-state index in [2.05, 4.69) is 36.7 Å². The fourth-order valence-corrected chi connectivity index (χ4v) is 0.658. The zero-order chi connectivity index (χ0) is 9.14. The van der Waals surface area contributed by atoms with Crippen molar-refractivity contribution in [1.82, 2.24) is 20.2 Å². The fourth-order valence-electron chi connectivity index (χ4n) is 0.544. The lowest BCUT2D eigenvalue weighted by atomic mass is 10.4. The van der Waals surface area contributed by atoms with Crippen molar-refractivity contribution in [1.29, 1.82) is 0 Å². The van der Waals surface area contributed by atoms with Crippen molar-refractivity contribution in [3.05, 3.63) is 0 Å². The number of carbonyl (C=O) groups excluding carboxylic acids is 1. The molecule has 0 aliphatic heterocycles. The van der Waals surface area contributed by atoms with E-state index in [4.69, 9.17) is 0 Å². The van der Waals surface area contributed by atoms with Gasteiger partial charge in [0.25, 0.3) is 5.95 Å². The summed E-state index contributed by atoms with van der Waals surface area (Å²) in [5.41, 5.74) is 0. The number of hydrogen-bond acceptors (Lipinski definition) is 4. The number of nitrogens with zero attached hydrogens (tertiary/aromatic N) is 4. The van der Waals surface area contributed by atoms with Gasteiger partial charge in [-0.15, -0.1) is 5.10 Å². The van der Waals surface area contributed by atoms with E-state index in [0.29, 0.717) is 0 Å². The molecule has 0 radical (unpaired) electrons. The number of halogens is 1. The van der Waals surface area contributed by atoms with Gasteiger partial charge in [0.2, 0.25) is 5.91 Å². The van der Waals surface area contributed by atoms with Crippen molar-refractivity contribution in [2.24, 2.45) is 7.05 Å². The van der Waals surface area contributed by atoms with E-state index in [-0.39, 0.29) is 16.7 Å². The van der Waals surface area contributed by atoms with Crippen LogP contribution in [0.3, 0.4) is 0 Å². The van der Waals surface area contributed by atoms with Gasteiger partial charge in [-0.1, -0.05) is 21.0 Å². The second-order valence-electron chi connectivity index (χ2n) is 2.21.